The molecule has 2 aliphatic rings. The summed E-state index contributed by atoms with van der Waals surface area (Å²) in [5.41, 5.74) is 5.88. The Morgan fingerprint density at radius 2 is 1.91 bits per heavy atom. The first-order chi connectivity index (χ1) is 10.6. The molecule has 0 spiro atoms. The lowest BCUT2D eigenvalue weighted by atomic mass is 10.1. The lowest BCUT2D eigenvalue weighted by molar-refractivity contribution is 0.611. The molecule has 0 bridgehead atoms. The van der Waals surface area contributed by atoms with Crippen LogP contribution < -0.4 is 10.7 Å². The van der Waals surface area contributed by atoms with E-state index >= 15 is 0 Å². The van der Waals surface area contributed by atoms with Gasteiger partial charge in [0.2, 0.25) is 0 Å². The molecule has 1 aromatic rings. The van der Waals surface area contributed by atoms with E-state index in [-0.39, 0.29) is 0 Å². The number of hydrogen-bond acceptors (Lipinski definition) is 4. The molecule has 0 saturated carbocycles. The summed E-state index contributed by atoms with van der Waals surface area (Å²) in [4.78, 5) is 9.28. The zero-order valence-corrected chi connectivity index (χ0v) is 13.5. The second-order valence-corrected chi connectivity index (χ2v) is 5.46. The highest BCUT2D eigenvalue weighted by Crippen LogP contribution is 2.28. The first-order valence-corrected chi connectivity index (χ1v) is 7.72. The molecule has 0 atom stereocenters. The van der Waals surface area contributed by atoms with Gasteiger partial charge in [0.15, 0.2) is 11.3 Å². The third-order valence-electron chi connectivity index (χ3n) is 3.70. The number of aryl methyl sites for hydroxylation is 2. The van der Waals surface area contributed by atoms with E-state index in [9.17, 15) is 0 Å². The van der Waals surface area contributed by atoms with Gasteiger partial charge in [-0.3, -0.25) is 4.99 Å². The number of benzene rings is 2. The van der Waals surface area contributed by atoms with Crippen molar-refractivity contribution in [2.75, 3.05) is 18.4 Å². The van der Waals surface area contributed by atoms with Crippen LogP contribution >= 0.6 is 0 Å². The van der Waals surface area contributed by atoms with E-state index in [1.807, 2.05) is 25.1 Å². The van der Waals surface area contributed by atoms with Gasteiger partial charge in [0.25, 0.3) is 0 Å². The Morgan fingerprint density at radius 1 is 1.09 bits per heavy atom. The summed E-state index contributed by atoms with van der Waals surface area (Å²) < 4.78 is 6.09. The van der Waals surface area contributed by atoms with Crippen LogP contribution in [0.5, 0.6) is 0 Å². The largest absolute Gasteiger partial charge is 0.453 e. The number of nitrogens with zero attached hydrogens (tertiary/aromatic N) is 2. The van der Waals surface area contributed by atoms with E-state index in [1.54, 1.807) is 0 Å². The summed E-state index contributed by atoms with van der Waals surface area (Å²) in [6.07, 6.45) is 0. The Hall–Kier alpha value is -2.36. The number of rotatable bonds is 3. The van der Waals surface area contributed by atoms with Crippen molar-refractivity contribution in [3.63, 3.8) is 0 Å². The Labute approximate surface area is 130 Å². The molecular formula is C18H21N3O. The van der Waals surface area contributed by atoms with Gasteiger partial charge in [0.05, 0.1) is 5.36 Å². The van der Waals surface area contributed by atoms with Gasteiger partial charge in [-0.15, -0.1) is 0 Å². The number of anilines is 1. The van der Waals surface area contributed by atoms with Crippen molar-refractivity contribution in [1.29, 1.82) is 0 Å². The lowest BCUT2D eigenvalue weighted by Crippen LogP contribution is -2.09. The third-order valence-corrected chi connectivity index (χ3v) is 3.70. The van der Waals surface area contributed by atoms with Crippen LogP contribution in [0.1, 0.15) is 25.0 Å². The first-order valence-electron chi connectivity index (χ1n) is 7.72. The minimum atomic E-state index is 0.761. The van der Waals surface area contributed by atoms with Crippen molar-refractivity contribution < 1.29 is 4.42 Å². The van der Waals surface area contributed by atoms with Gasteiger partial charge in [-0.05, 0) is 51.0 Å². The van der Waals surface area contributed by atoms with Crippen LogP contribution in [0.2, 0.25) is 0 Å². The quantitative estimate of drug-likeness (QED) is 0.745. The normalized spacial score (nSPS) is 12.3. The van der Waals surface area contributed by atoms with Crippen molar-refractivity contribution in [3.8, 4) is 11.5 Å². The number of hydrogen-bond donors (Lipinski definition) is 1. The fourth-order valence-corrected chi connectivity index (χ4v) is 2.69. The molecule has 0 saturated heterocycles. The smallest absolute Gasteiger partial charge is 0.155 e. The monoisotopic (exact) mass is 295 g/mol. The van der Waals surface area contributed by atoms with E-state index in [0.29, 0.717) is 0 Å². The van der Waals surface area contributed by atoms with Crippen LogP contribution in [0.4, 0.5) is 5.69 Å². The summed E-state index contributed by atoms with van der Waals surface area (Å²) >= 11 is 0. The van der Waals surface area contributed by atoms with Crippen LogP contribution in [-0.2, 0) is 0 Å². The fourth-order valence-electron chi connectivity index (χ4n) is 2.69. The second-order valence-electron chi connectivity index (χ2n) is 5.46. The van der Waals surface area contributed by atoms with E-state index in [0.717, 1.165) is 57.8 Å². The molecule has 0 aromatic heterocycles. The van der Waals surface area contributed by atoms with E-state index in [2.05, 4.69) is 37.1 Å². The molecule has 4 nitrogen and oxygen atoms in total. The summed E-state index contributed by atoms with van der Waals surface area (Å²) in [5.74, 6) is 0.776. The molecule has 1 aliphatic carbocycles. The Morgan fingerprint density at radius 3 is 2.64 bits per heavy atom. The molecule has 1 N–H and O–H groups in total. The van der Waals surface area contributed by atoms with Gasteiger partial charge in [-0.25, -0.2) is 4.98 Å². The van der Waals surface area contributed by atoms with Crippen molar-refractivity contribution in [1.82, 2.24) is 4.98 Å². The Kier molecular flexibility index (Phi) is 3.84. The highest BCUT2D eigenvalue weighted by Gasteiger charge is 2.12. The molecule has 1 aliphatic heterocycles. The Balaban J connectivity index is 2.30. The molecule has 0 amide bonds. The van der Waals surface area contributed by atoms with Crippen molar-refractivity contribution >= 4 is 16.8 Å². The van der Waals surface area contributed by atoms with Crippen LogP contribution in [0, 0.1) is 13.8 Å². The summed E-state index contributed by atoms with van der Waals surface area (Å²) in [6.45, 7) is 9.87. The van der Waals surface area contributed by atoms with Crippen molar-refractivity contribution in [3.05, 3.63) is 40.7 Å². The van der Waals surface area contributed by atoms with Gasteiger partial charge in [0, 0.05) is 30.9 Å². The average molecular weight is 295 g/mol. The summed E-state index contributed by atoms with van der Waals surface area (Å²) in [5, 5.41) is 4.29. The third kappa shape index (κ3) is 2.56. The van der Waals surface area contributed by atoms with Crippen LogP contribution in [0.25, 0.3) is 22.6 Å². The van der Waals surface area contributed by atoms with Gasteiger partial charge in [0.1, 0.15) is 11.2 Å². The zero-order chi connectivity index (χ0) is 15.7. The number of aromatic nitrogens is 1. The second kappa shape index (κ2) is 5.79. The predicted octanol–water partition coefficient (Wildman–Crippen LogP) is 3.90. The SMILES string of the molecule is CCN=c1cc2oc3cc(NCC)cc(C)c3nc-2cc1C. The van der Waals surface area contributed by atoms with Gasteiger partial charge in [-0.2, -0.15) is 0 Å². The highest BCUT2D eigenvalue weighted by atomic mass is 16.3. The highest BCUT2D eigenvalue weighted by molar-refractivity contribution is 5.83. The van der Waals surface area contributed by atoms with Crippen molar-refractivity contribution in [2.24, 2.45) is 4.99 Å². The molecule has 4 heteroatoms. The van der Waals surface area contributed by atoms with E-state index in [1.165, 1.54) is 0 Å². The van der Waals surface area contributed by atoms with Crippen LogP contribution in [0.15, 0.2) is 33.7 Å². The van der Waals surface area contributed by atoms with Gasteiger partial charge >= 0.3 is 0 Å². The van der Waals surface area contributed by atoms with E-state index in [4.69, 9.17) is 9.40 Å². The minimum Gasteiger partial charge on any atom is -0.453 e. The molecule has 0 unspecified atom stereocenters. The summed E-state index contributed by atoms with van der Waals surface area (Å²) in [7, 11) is 0. The number of fused-ring (bicyclic) bond motifs is 2. The zero-order valence-electron chi connectivity index (χ0n) is 13.5. The van der Waals surface area contributed by atoms with Gasteiger partial charge in [-0.1, -0.05) is 0 Å². The molecule has 22 heavy (non-hydrogen) atoms. The standard InChI is InChI=1S/C18H21N3O/c1-5-19-13-7-12(4)18-17(9-13)22-16-10-14(20-6-2)11(3)8-15(16)21-18/h7-10,19H,5-6H2,1-4H3. The fraction of sp³-hybridized carbons (Fsp3) is 0.333. The first kappa shape index (κ1) is 14.6. The Bertz CT molecular complexity index is 864. The molecule has 1 heterocycles. The maximum absolute atomic E-state index is 6.09. The molecule has 0 fully saturated rings. The molecule has 3 rings (SSSR count). The topological polar surface area (TPSA) is 50.4 Å². The molecule has 114 valence electrons. The lowest BCUT2D eigenvalue weighted by Gasteiger charge is -2.11. The average Bonchev–Trinajstić information content (AvgIpc) is 2.47. The number of nitrogens with one attached hydrogen (secondary N) is 1. The summed E-state index contributed by atoms with van der Waals surface area (Å²) in [6, 6.07) is 8.14. The van der Waals surface area contributed by atoms with Crippen LogP contribution in [-0.4, -0.2) is 18.1 Å². The predicted molar refractivity (Wildman–Crippen MR) is 90.4 cm³/mol. The molecule has 1 aromatic carbocycles. The maximum Gasteiger partial charge on any atom is 0.155 e. The van der Waals surface area contributed by atoms with Crippen LogP contribution in [0.3, 0.4) is 0 Å². The molecule has 0 radical (unpaired) electrons. The minimum absolute atomic E-state index is 0.761. The van der Waals surface area contributed by atoms with E-state index < -0.39 is 0 Å². The maximum atomic E-state index is 6.09. The van der Waals surface area contributed by atoms with Crippen molar-refractivity contribution in [2.45, 2.75) is 27.7 Å². The van der Waals surface area contributed by atoms with Gasteiger partial charge < -0.3 is 9.73 Å². The molecular weight excluding hydrogens is 274 g/mol.